The number of pyridine rings is 2. The van der Waals surface area contributed by atoms with Gasteiger partial charge in [0.15, 0.2) is 0 Å². The molecule has 7 nitrogen and oxygen atoms in total. The second-order valence-corrected chi connectivity index (χ2v) is 7.52. The molecule has 11 heteroatoms. The Morgan fingerprint density at radius 2 is 1.97 bits per heavy atom. The smallest absolute Gasteiger partial charge is 0.408 e. The van der Waals surface area contributed by atoms with Gasteiger partial charge in [0.05, 0.1) is 41.1 Å². The molecule has 0 spiro atoms. The molecule has 1 aliphatic rings. The van der Waals surface area contributed by atoms with Gasteiger partial charge in [0.25, 0.3) is 5.91 Å². The zero-order valence-corrected chi connectivity index (χ0v) is 17.4. The van der Waals surface area contributed by atoms with Crippen LogP contribution in [-0.2, 0) is 6.54 Å². The first-order chi connectivity index (χ1) is 15.0. The van der Waals surface area contributed by atoms with Crippen molar-refractivity contribution in [2.24, 2.45) is 0 Å². The molecule has 32 heavy (non-hydrogen) atoms. The van der Waals surface area contributed by atoms with E-state index in [2.05, 4.69) is 15.1 Å². The zero-order chi connectivity index (χ0) is 23.2. The van der Waals surface area contributed by atoms with Crippen molar-refractivity contribution in [2.45, 2.75) is 45.9 Å². The number of amides is 1. The Morgan fingerprint density at radius 1 is 1.22 bits per heavy atom. The number of aryl methyl sites for hydroxylation is 1. The Balaban J connectivity index is 1.68. The lowest BCUT2D eigenvalue weighted by atomic mass is 10.0. The molecular weight excluding hydrogens is 430 g/mol. The predicted molar refractivity (Wildman–Crippen MR) is 107 cm³/mol. The van der Waals surface area contributed by atoms with E-state index in [9.17, 15) is 22.4 Å². The van der Waals surface area contributed by atoms with E-state index in [0.717, 1.165) is 4.68 Å². The van der Waals surface area contributed by atoms with Crippen LogP contribution in [-0.4, -0.2) is 38.2 Å². The van der Waals surface area contributed by atoms with Crippen molar-refractivity contribution in [3.8, 4) is 17.0 Å². The number of carbonyl (C=O) groups excluding carboxylic acids is 1. The molecule has 3 aromatic heterocycles. The van der Waals surface area contributed by atoms with Crippen LogP contribution in [0.4, 0.5) is 23.2 Å². The molecule has 1 aliphatic heterocycles. The highest BCUT2D eigenvalue weighted by Crippen LogP contribution is 2.39. The van der Waals surface area contributed by atoms with Crippen molar-refractivity contribution >= 4 is 11.6 Å². The third-order valence-corrected chi connectivity index (χ3v) is 5.01. The standard InChI is InChI=1S/C21H19F4N5O2/c1-11-4-17(14-5-16(8-26-6-14)32-13(3)22)28-19-12(2)30(20(31)18(11)19)15-7-27-29(9-15)10-21(23,24)25/h4-9,12-13H,10H2,1-3H3. The molecule has 1 amide bonds. The summed E-state index contributed by atoms with van der Waals surface area (Å²) in [5.41, 5.74) is 2.86. The van der Waals surface area contributed by atoms with E-state index in [0.29, 0.717) is 28.1 Å². The molecule has 0 aromatic carbocycles. The van der Waals surface area contributed by atoms with Gasteiger partial charge < -0.3 is 4.74 Å². The topological polar surface area (TPSA) is 73.1 Å². The first-order valence-electron chi connectivity index (χ1n) is 9.74. The van der Waals surface area contributed by atoms with Gasteiger partial charge in [-0.1, -0.05) is 0 Å². The number of alkyl halides is 4. The second kappa shape index (κ2) is 7.88. The third kappa shape index (κ3) is 4.14. The summed E-state index contributed by atoms with van der Waals surface area (Å²) in [5.74, 6) is -0.127. The lowest BCUT2D eigenvalue weighted by molar-refractivity contribution is -0.142. The quantitative estimate of drug-likeness (QED) is 0.532. The van der Waals surface area contributed by atoms with Gasteiger partial charge in [-0.2, -0.15) is 18.3 Å². The first kappa shape index (κ1) is 21.7. The molecule has 3 aromatic rings. The number of anilines is 1. The Labute approximate surface area is 180 Å². The lowest BCUT2D eigenvalue weighted by Gasteiger charge is -2.19. The second-order valence-electron chi connectivity index (χ2n) is 7.52. The fourth-order valence-electron chi connectivity index (χ4n) is 3.74. The molecule has 4 heterocycles. The van der Waals surface area contributed by atoms with Crippen LogP contribution < -0.4 is 9.64 Å². The van der Waals surface area contributed by atoms with Crippen molar-refractivity contribution in [1.82, 2.24) is 19.7 Å². The molecule has 0 fully saturated rings. The SMILES string of the molecule is Cc1cc(-c2cncc(OC(C)F)c2)nc2c1C(=O)N(c1cnn(CC(F)(F)F)c1)C2C. The van der Waals surface area contributed by atoms with E-state index >= 15 is 0 Å². The van der Waals surface area contributed by atoms with Crippen molar-refractivity contribution in [2.75, 3.05) is 4.90 Å². The van der Waals surface area contributed by atoms with Crippen LogP contribution in [0, 0.1) is 6.92 Å². The number of nitrogens with zero attached hydrogens (tertiary/aromatic N) is 5. The summed E-state index contributed by atoms with van der Waals surface area (Å²) in [6.45, 7) is 3.50. The molecule has 0 N–H and O–H groups in total. The van der Waals surface area contributed by atoms with Crippen molar-refractivity contribution in [3.05, 3.63) is 53.7 Å². The minimum atomic E-state index is -4.42. The molecule has 2 atom stereocenters. The summed E-state index contributed by atoms with van der Waals surface area (Å²) in [6.07, 6.45) is -0.591. The summed E-state index contributed by atoms with van der Waals surface area (Å²) >= 11 is 0. The maximum Gasteiger partial charge on any atom is 0.408 e. The number of aromatic nitrogens is 4. The Hall–Kier alpha value is -3.50. The number of fused-ring (bicyclic) bond motifs is 1. The summed E-state index contributed by atoms with van der Waals surface area (Å²) in [6, 6.07) is 2.77. The average molecular weight is 449 g/mol. The molecule has 4 rings (SSSR count). The molecule has 0 radical (unpaired) electrons. The molecule has 0 bridgehead atoms. The lowest BCUT2D eigenvalue weighted by Crippen LogP contribution is -2.26. The van der Waals surface area contributed by atoms with Crippen molar-refractivity contribution in [3.63, 3.8) is 0 Å². The summed E-state index contributed by atoms with van der Waals surface area (Å²) in [7, 11) is 0. The van der Waals surface area contributed by atoms with Crippen molar-refractivity contribution in [1.29, 1.82) is 0 Å². The van der Waals surface area contributed by atoms with Crippen molar-refractivity contribution < 1.29 is 27.1 Å². The zero-order valence-electron chi connectivity index (χ0n) is 17.4. The van der Waals surface area contributed by atoms with E-state index in [1.807, 2.05) is 0 Å². The molecule has 0 saturated heterocycles. The number of hydrogen-bond acceptors (Lipinski definition) is 5. The molecular formula is C21H19F4N5O2. The van der Waals surface area contributed by atoms with Gasteiger partial charge in [-0.15, -0.1) is 0 Å². The van der Waals surface area contributed by atoms with Gasteiger partial charge in [-0.3, -0.25) is 19.4 Å². The fourth-order valence-corrected chi connectivity index (χ4v) is 3.74. The van der Waals surface area contributed by atoms with Gasteiger partial charge in [0, 0.05) is 24.9 Å². The highest BCUT2D eigenvalue weighted by Gasteiger charge is 2.39. The van der Waals surface area contributed by atoms with Gasteiger partial charge in [0.1, 0.15) is 12.3 Å². The van der Waals surface area contributed by atoms with Crippen LogP contribution >= 0.6 is 0 Å². The Kier molecular flexibility index (Phi) is 5.35. The van der Waals surface area contributed by atoms with E-state index in [1.165, 1.54) is 30.4 Å². The molecule has 168 valence electrons. The maximum atomic E-state index is 13.2. The molecule has 0 aliphatic carbocycles. The number of ether oxygens (including phenoxy) is 1. The average Bonchev–Trinajstić information content (AvgIpc) is 3.22. The highest BCUT2D eigenvalue weighted by molar-refractivity contribution is 6.11. The summed E-state index contributed by atoms with van der Waals surface area (Å²) in [5, 5.41) is 3.73. The van der Waals surface area contributed by atoms with Crippen LogP contribution in [0.25, 0.3) is 11.3 Å². The van der Waals surface area contributed by atoms with Crippen LogP contribution in [0.3, 0.4) is 0 Å². The number of carbonyl (C=O) groups is 1. The molecule has 2 unspecified atom stereocenters. The van der Waals surface area contributed by atoms with Gasteiger partial charge in [-0.05, 0) is 31.5 Å². The van der Waals surface area contributed by atoms with Crippen LogP contribution in [0.2, 0.25) is 0 Å². The molecule has 0 saturated carbocycles. The Bertz CT molecular complexity index is 1180. The van der Waals surface area contributed by atoms with E-state index in [4.69, 9.17) is 4.74 Å². The van der Waals surface area contributed by atoms with E-state index < -0.39 is 25.1 Å². The number of halogens is 4. The normalized spacial score (nSPS) is 16.9. The van der Waals surface area contributed by atoms with Crippen LogP contribution in [0.5, 0.6) is 5.75 Å². The van der Waals surface area contributed by atoms with Gasteiger partial charge in [0.2, 0.25) is 6.36 Å². The van der Waals surface area contributed by atoms with E-state index in [-0.39, 0.29) is 17.3 Å². The minimum absolute atomic E-state index is 0.236. The Morgan fingerprint density at radius 3 is 2.66 bits per heavy atom. The maximum absolute atomic E-state index is 13.2. The third-order valence-electron chi connectivity index (χ3n) is 5.01. The fraction of sp³-hybridized carbons (Fsp3) is 0.333. The van der Waals surface area contributed by atoms with Crippen LogP contribution in [0.1, 0.15) is 41.5 Å². The largest absolute Gasteiger partial charge is 0.459 e. The summed E-state index contributed by atoms with van der Waals surface area (Å²) in [4.78, 5) is 23.1. The van der Waals surface area contributed by atoms with Gasteiger partial charge in [-0.25, -0.2) is 9.37 Å². The number of hydrogen-bond donors (Lipinski definition) is 0. The number of rotatable bonds is 5. The monoisotopic (exact) mass is 449 g/mol. The minimum Gasteiger partial charge on any atom is -0.459 e. The highest BCUT2D eigenvalue weighted by atomic mass is 19.4. The van der Waals surface area contributed by atoms with Crippen LogP contribution in [0.15, 0.2) is 36.9 Å². The van der Waals surface area contributed by atoms with E-state index in [1.54, 1.807) is 32.2 Å². The van der Waals surface area contributed by atoms with Gasteiger partial charge >= 0.3 is 6.18 Å². The first-order valence-corrected chi connectivity index (χ1v) is 9.74. The summed E-state index contributed by atoms with van der Waals surface area (Å²) < 4.78 is 57.0. The predicted octanol–water partition coefficient (Wildman–Crippen LogP) is 4.63.